The zero-order chi connectivity index (χ0) is 11.7. The van der Waals surface area contributed by atoms with Crippen molar-refractivity contribution in [2.75, 3.05) is 5.32 Å². The lowest BCUT2D eigenvalue weighted by atomic mass is 10.2. The van der Waals surface area contributed by atoms with Crippen LogP contribution >= 0.6 is 0 Å². The van der Waals surface area contributed by atoms with Gasteiger partial charge in [-0.05, 0) is 22.1 Å². The van der Waals surface area contributed by atoms with E-state index < -0.39 is 0 Å². The first-order valence-corrected chi connectivity index (χ1v) is 5.20. The highest BCUT2D eigenvalue weighted by molar-refractivity contribution is 5.45. The first-order valence-electron chi connectivity index (χ1n) is 5.20. The Balaban J connectivity index is 1.78. The van der Waals surface area contributed by atoms with E-state index in [1.54, 1.807) is 18.1 Å². The number of nitrogens with one attached hydrogen (secondary N) is 1. The van der Waals surface area contributed by atoms with Gasteiger partial charge in [0.05, 0.1) is 18.0 Å². The third-order valence-corrected chi connectivity index (χ3v) is 2.54. The van der Waals surface area contributed by atoms with Crippen molar-refractivity contribution < 1.29 is 0 Å². The monoisotopic (exact) mass is 229 g/mol. The van der Waals surface area contributed by atoms with Crippen LogP contribution in [0.1, 0.15) is 5.56 Å². The van der Waals surface area contributed by atoms with E-state index in [2.05, 4.69) is 25.8 Å². The van der Waals surface area contributed by atoms with Crippen molar-refractivity contribution in [1.29, 1.82) is 0 Å². The molecule has 0 aromatic carbocycles. The number of fused-ring (bicyclic) bond motifs is 1. The summed E-state index contributed by atoms with van der Waals surface area (Å²) in [5.41, 5.74) is 2.22. The van der Waals surface area contributed by atoms with Crippen LogP contribution in [0.2, 0.25) is 0 Å². The van der Waals surface area contributed by atoms with Gasteiger partial charge in [-0.25, -0.2) is 9.67 Å². The van der Waals surface area contributed by atoms with Crippen molar-refractivity contribution >= 4 is 11.5 Å². The summed E-state index contributed by atoms with van der Waals surface area (Å²) in [4.78, 5) is 4.07. The predicted molar refractivity (Wildman–Crippen MR) is 61.3 cm³/mol. The Kier molecular flexibility index (Phi) is 2.21. The lowest BCUT2D eigenvalue weighted by molar-refractivity contribution is 0.712. The molecule has 0 bridgehead atoms. The summed E-state index contributed by atoms with van der Waals surface area (Å²) >= 11 is 0. The molecule has 0 radical (unpaired) electrons. The van der Waals surface area contributed by atoms with E-state index in [-0.39, 0.29) is 0 Å². The maximum Gasteiger partial charge on any atom is 0.242 e. The molecule has 3 aromatic rings. The number of nitrogens with zero attached hydrogens (tertiary/aromatic N) is 6. The molecule has 3 heterocycles. The molecule has 0 saturated heterocycles. The molecule has 0 aliphatic carbocycles. The minimum atomic E-state index is 0.649. The second-order valence-electron chi connectivity index (χ2n) is 3.74. The lowest BCUT2D eigenvalue weighted by Gasteiger charge is -2.04. The highest BCUT2D eigenvalue weighted by Crippen LogP contribution is 2.07. The number of imidazole rings is 1. The standard InChI is InChI=1S/C10H11N7/c1-16-10(13-14-15-16)12-4-8-2-3-9-5-11-7-17(9)6-8/h2-3,5-7H,4H2,1H3,(H,12,13,15). The van der Waals surface area contributed by atoms with E-state index in [4.69, 9.17) is 0 Å². The van der Waals surface area contributed by atoms with E-state index in [1.807, 2.05) is 28.9 Å². The molecular formula is C10H11N7. The number of pyridine rings is 1. The summed E-state index contributed by atoms with van der Waals surface area (Å²) in [6.45, 7) is 0.669. The minimum Gasteiger partial charge on any atom is -0.349 e. The van der Waals surface area contributed by atoms with Crippen molar-refractivity contribution in [3.8, 4) is 0 Å². The third-order valence-electron chi connectivity index (χ3n) is 2.54. The largest absolute Gasteiger partial charge is 0.349 e. The van der Waals surface area contributed by atoms with Gasteiger partial charge in [-0.3, -0.25) is 0 Å². The summed E-state index contributed by atoms with van der Waals surface area (Å²) in [7, 11) is 1.79. The van der Waals surface area contributed by atoms with Crippen molar-refractivity contribution in [1.82, 2.24) is 29.6 Å². The normalized spacial score (nSPS) is 10.9. The molecule has 0 fully saturated rings. The third kappa shape index (κ3) is 1.82. The highest BCUT2D eigenvalue weighted by Gasteiger charge is 2.01. The van der Waals surface area contributed by atoms with E-state index in [9.17, 15) is 0 Å². The average molecular weight is 229 g/mol. The molecule has 0 atom stereocenters. The van der Waals surface area contributed by atoms with Crippen LogP contribution < -0.4 is 5.32 Å². The molecule has 0 saturated carbocycles. The SMILES string of the molecule is Cn1nnnc1NCc1ccc2cncn2c1. The van der Waals surface area contributed by atoms with Crippen LogP contribution in [-0.2, 0) is 13.6 Å². The molecule has 1 N–H and O–H groups in total. The Hall–Kier alpha value is -2.44. The molecule has 3 aromatic heterocycles. The van der Waals surface area contributed by atoms with E-state index in [0.717, 1.165) is 11.1 Å². The number of hydrogen-bond acceptors (Lipinski definition) is 5. The first kappa shape index (κ1) is 9.76. The van der Waals surface area contributed by atoms with Crippen molar-refractivity contribution in [2.24, 2.45) is 7.05 Å². The van der Waals surface area contributed by atoms with Crippen LogP contribution in [-0.4, -0.2) is 29.6 Å². The van der Waals surface area contributed by atoms with E-state index >= 15 is 0 Å². The van der Waals surface area contributed by atoms with Crippen molar-refractivity contribution in [3.63, 3.8) is 0 Å². The number of rotatable bonds is 3. The fourth-order valence-electron chi connectivity index (χ4n) is 1.63. The van der Waals surface area contributed by atoms with Crippen LogP contribution in [0.5, 0.6) is 0 Å². The molecule has 3 rings (SSSR count). The topological polar surface area (TPSA) is 72.9 Å². The molecule has 0 amide bonds. The Labute approximate surface area is 97.1 Å². The van der Waals surface area contributed by atoms with E-state index in [0.29, 0.717) is 12.5 Å². The molecule has 7 heteroatoms. The number of aromatic nitrogens is 6. The van der Waals surface area contributed by atoms with Gasteiger partial charge in [0.25, 0.3) is 0 Å². The molecule has 0 aliphatic heterocycles. The average Bonchev–Trinajstić information content (AvgIpc) is 2.94. The van der Waals surface area contributed by atoms with Crippen LogP contribution in [0, 0.1) is 0 Å². The Morgan fingerprint density at radius 3 is 3.12 bits per heavy atom. The Bertz CT molecular complexity index is 639. The molecule has 0 unspecified atom stereocenters. The van der Waals surface area contributed by atoms with Crippen LogP contribution in [0.4, 0.5) is 5.95 Å². The highest BCUT2D eigenvalue weighted by atomic mass is 15.6. The predicted octanol–water partition coefficient (Wildman–Crippen LogP) is 0.470. The molecule has 86 valence electrons. The van der Waals surface area contributed by atoms with Gasteiger partial charge in [-0.15, -0.1) is 0 Å². The zero-order valence-corrected chi connectivity index (χ0v) is 9.28. The van der Waals surface area contributed by atoms with Gasteiger partial charge in [-0.1, -0.05) is 11.2 Å². The molecule has 7 nitrogen and oxygen atoms in total. The second-order valence-corrected chi connectivity index (χ2v) is 3.74. The summed E-state index contributed by atoms with van der Waals surface area (Å²) < 4.78 is 3.57. The summed E-state index contributed by atoms with van der Waals surface area (Å²) in [5.74, 6) is 0.649. The van der Waals surface area contributed by atoms with Crippen LogP contribution in [0.3, 0.4) is 0 Å². The Morgan fingerprint density at radius 2 is 2.29 bits per heavy atom. The van der Waals surface area contributed by atoms with Crippen molar-refractivity contribution in [3.05, 3.63) is 36.4 Å². The van der Waals surface area contributed by atoms with Crippen molar-refractivity contribution in [2.45, 2.75) is 6.54 Å². The van der Waals surface area contributed by atoms with Crippen LogP contribution in [0.15, 0.2) is 30.9 Å². The maximum absolute atomic E-state index is 4.07. The number of hydrogen-bond donors (Lipinski definition) is 1. The maximum atomic E-state index is 4.07. The second kappa shape index (κ2) is 3.85. The smallest absolute Gasteiger partial charge is 0.242 e. The number of aryl methyl sites for hydroxylation is 1. The Morgan fingerprint density at radius 1 is 1.35 bits per heavy atom. The van der Waals surface area contributed by atoms with E-state index in [1.165, 1.54) is 0 Å². The summed E-state index contributed by atoms with van der Waals surface area (Å²) in [5, 5.41) is 14.3. The molecule has 0 spiro atoms. The quantitative estimate of drug-likeness (QED) is 0.706. The van der Waals surface area contributed by atoms with Gasteiger partial charge in [0.15, 0.2) is 0 Å². The number of anilines is 1. The fraction of sp³-hybridized carbons (Fsp3) is 0.200. The van der Waals surface area contributed by atoms with Gasteiger partial charge in [-0.2, -0.15) is 0 Å². The minimum absolute atomic E-state index is 0.649. The van der Waals surface area contributed by atoms with Gasteiger partial charge < -0.3 is 9.72 Å². The zero-order valence-electron chi connectivity index (χ0n) is 9.28. The fourth-order valence-corrected chi connectivity index (χ4v) is 1.63. The molecule has 0 aliphatic rings. The first-order chi connectivity index (χ1) is 8.33. The summed E-state index contributed by atoms with van der Waals surface area (Å²) in [6, 6.07) is 4.08. The van der Waals surface area contributed by atoms with Gasteiger partial charge in [0.2, 0.25) is 5.95 Å². The molecule has 17 heavy (non-hydrogen) atoms. The van der Waals surface area contributed by atoms with Gasteiger partial charge >= 0.3 is 0 Å². The molecular weight excluding hydrogens is 218 g/mol. The lowest BCUT2D eigenvalue weighted by Crippen LogP contribution is -2.06. The van der Waals surface area contributed by atoms with Gasteiger partial charge in [0, 0.05) is 19.8 Å². The summed E-state index contributed by atoms with van der Waals surface area (Å²) in [6.07, 6.45) is 5.63. The number of tetrazole rings is 1. The van der Waals surface area contributed by atoms with Gasteiger partial charge in [0.1, 0.15) is 0 Å². The van der Waals surface area contributed by atoms with Crippen LogP contribution in [0.25, 0.3) is 5.52 Å².